The van der Waals surface area contributed by atoms with Crippen LogP contribution >= 0.6 is 0 Å². The van der Waals surface area contributed by atoms with Crippen molar-refractivity contribution in [3.8, 4) is 5.75 Å². The summed E-state index contributed by atoms with van der Waals surface area (Å²) in [7, 11) is 0. The van der Waals surface area contributed by atoms with Crippen LogP contribution in [-0.4, -0.2) is 6.10 Å². The lowest BCUT2D eigenvalue weighted by Gasteiger charge is -2.34. The maximum Gasteiger partial charge on any atom is 0.120 e. The van der Waals surface area contributed by atoms with Gasteiger partial charge in [0.25, 0.3) is 0 Å². The Morgan fingerprint density at radius 1 is 1.18 bits per heavy atom. The fraction of sp³-hybridized carbons (Fsp3) is 0.600. The predicted molar refractivity (Wildman–Crippen MR) is 71.2 cm³/mol. The largest absolute Gasteiger partial charge is 0.491 e. The molecule has 0 aliphatic heterocycles. The first-order chi connectivity index (χ1) is 8.10. The second-order valence-corrected chi connectivity index (χ2v) is 5.41. The molecule has 0 bridgehead atoms. The van der Waals surface area contributed by atoms with Gasteiger partial charge in [-0.05, 0) is 44.4 Å². The van der Waals surface area contributed by atoms with Crippen molar-refractivity contribution in [1.82, 2.24) is 0 Å². The summed E-state index contributed by atoms with van der Waals surface area (Å²) < 4.78 is 5.74. The van der Waals surface area contributed by atoms with Crippen LogP contribution in [0, 0.1) is 0 Å². The molecule has 0 unspecified atom stereocenters. The van der Waals surface area contributed by atoms with Crippen molar-refractivity contribution < 1.29 is 4.74 Å². The van der Waals surface area contributed by atoms with E-state index in [2.05, 4.69) is 18.2 Å². The minimum Gasteiger partial charge on any atom is -0.491 e. The fourth-order valence-electron chi connectivity index (χ4n) is 2.62. The maximum absolute atomic E-state index is 6.52. The molecular weight excluding hydrogens is 210 g/mol. The molecular formula is C15H23NO. The first-order valence-electron chi connectivity index (χ1n) is 6.66. The molecule has 0 radical (unpaired) electrons. The molecule has 0 heterocycles. The van der Waals surface area contributed by atoms with Gasteiger partial charge >= 0.3 is 0 Å². The van der Waals surface area contributed by atoms with Crippen molar-refractivity contribution in [2.24, 2.45) is 5.73 Å². The van der Waals surface area contributed by atoms with E-state index in [9.17, 15) is 0 Å². The summed E-state index contributed by atoms with van der Waals surface area (Å²) in [4.78, 5) is 0. The van der Waals surface area contributed by atoms with Gasteiger partial charge in [0.1, 0.15) is 5.75 Å². The quantitative estimate of drug-likeness (QED) is 0.866. The third-order valence-corrected chi connectivity index (χ3v) is 3.53. The van der Waals surface area contributed by atoms with Crippen LogP contribution in [0.2, 0.25) is 0 Å². The molecule has 2 rings (SSSR count). The number of nitrogens with two attached hydrogens (primary N) is 1. The van der Waals surface area contributed by atoms with E-state index in [1.54, 1.807) is 0 Å². The molecule has 17 heavy (non-hydrogen) atoms. The van der Waals surface area contributed by atoms with Crippen LogP contribution in [0.25, 0.3) is 0 Å². The fourth-order valence-corrected chi connectivity index (χ4v) is 2.62. The molecule has 1 aromatic carbocycles. The second kappa shape index (κ2) is 5.09. The highest BCUT2D eigenvalue weighted by Crippen LogP contribution is 2.35. The Balaban J connectivity index is 2.19. The van der Waals surface area contributed by atoms with Gasteiger partial charge in [0.05, 0.1) is 6.10 Å². The van der Waals surface area contributed by atoms with Crippen molar-refractivity contribution in [1.29, 1.82) is 0 Å². The molecule has 0 amide bonds. The minimum absolute atomic E-state index is 0.130. The van der Waals surface area contributed by atoms with Gasteiger partial charge in [-0.15, -0.1) is 0 Å². The lowest BCUT2D eigenvalue weighted by atomic mass is 9.77. The van der Waals surface area contributed by atoms with Gasteiger partial charge in [-0.25, -0.2) is 0 Å². The lowest BCUT2D eigenvalue weighted by Crippen LogP contribution is -2.38. The summed E-state index contributed by atoms with van der Waals surface area (Å²) in [6.07, 6.45) is 6.21. The number of ether oxygens (including phenoxy) is 1. The molecule has 1 saturated carbocycles. The minimum atomic E-state index is -0.130. The van der Waals surface area contributed by atoms with Gasteiger partial charge in [0, 0.05) is 5.54 Å². The van der Waals surface area contributed by atoms with Crippen molar-refractivity contribution in [2.75, 3.05) is 0 Å². The highest BCUT2D eigenvalue weighted by molar-refractivity contribution is 5.33. The van der Waals surface area contributed by atoms with Gasteiger partial charge in [-0.2, -0.15) is 0 Å². The Bertz CT molecular complexity index is 367. The average molecular weight is 233 g/mol. The van der Waals surface area contributed by atoms with Crippen LogP contribution in [-0.2, 0) is 5.54 Å². The molecule has 1 aromatic rings. The monoisotopic (exact) mass is 233 g/mol. The third kappa shape index (κ3) is 3.01. The number of hydrogen-bond donors (Lipinski definition) is 1. The number of benzene rings is 1. The van der Waals surface area contributed by atoms with Crippen molar-refractivity contribution in [3.05, 3.63) is 29.8 Å². The summed E-state index contributed by atoms with van der Waals surface area (Å²) >= 11 is 0. The second-order valence-electron chi connectivity index (χ2n) is 5.41. The molecule has 0 atom stereocenters. The summed E-state index contributed by atoms with van der Waals surface area (Å²) in [6.45, 7) is 4.09. The van der Waals surface area contributed by atoms with E-state index in [4.69, 9.17) is 10.5 Å². The van der Waals surface area contributed by atoms with Crippen LogP contribution in [0.4, 0.5) is 0 Å². The summed E-state index contributed by atoms with van der Waals surface area (Å²) in [5.74, 6) is 0.938. The highest BCUT2D eigenvalue weighted by atomic mass is 16.5. The molecule has 2 heteroatoms. The smallest absolute Gasteiger partial charge is 0.120 e. The topological polar surface area (TPSA) is 35.2 Å². The molecule has 2 nitrogen and oxygen atoms in total. The molecule has 1 aliphatic rings. The van der Waals surface area contributed by atoms with Crippen LogP contribution in [0.3, 0.4) is 0 Å². The van der Waals surface area contributed by atoms with E-state index < -0.39 is 0 Å². The van der Waals surface area contributed by atoms with Gasteiger partial charge in [0.2, 0.25) is 0 Å². The Kier molecular flexibility index (Phi) is 3.72. The Morgan fingerprint density at radius 3 is 2.53 bits per heavy atom. The zero-order chi connectivity index (χ0) is 12.3. The van der Waals surface area contributed by atoms with E-state index in [1.807, 2.05) is 19.9 Å². The molecule has 2 N–H and O–H groups in total. The van der Waals surface area contributed by atoms with Crippen LogP contribution in [0.1, 0.15) is 51.5 Å². The molecule has 94 valence electrons. The molecule has 0 aromatic heterocycles. The van der Waals surface area contributed by atoms with Crippen molar-refractivity contribution in [3.63, 3.8) is 0 Å². The van der Waals surface area contributed by atoms with E-state index in [0.29, 0.717) is 0 Å². The number of hydrogen-bond acceptors (Lipinski definition) is 2. The zero-order valence-corrected chi connectivity index (χ0v) is 10.9. The van der Waals surface area contributed by atoms with Crippen LogP contribution in [0.5, 0.6) is 5.75 Å². The van der Waals surface area contributed by atoms with Gasteiger partial charge in [-0.1, -0.05) is 31.4 Å². The Hall–Kier alpha value is -1.02. The zero-order valence-electron chi connectivity index (χ0n) is 10.9. The first-order valence-corrected chi connectivity index (χ1v) is 6.66. The predicted octanol–water partition coefficient (Wildman–Crippen LogP) is 3.59. The number of rotatable bonds is 3. The van der Waals surface area contributed by atoms with E-state index in [1.165, 1.54) is 24.8 Å². The SMILES string of the molecule is CC(C)Oc1cccc(C2(N)CCCCC2)c1. The van der Waals surface area contributed by atoms with E-state index in [0.717, 1.165) is 18.6 Å². The van der Waals surface area contributed by atoms with Crippen molar-refractivity contribution in [2.45, 2.75) is 57.6 Å². The van der Waals surface area contributed by atoms with Gasteiger partial charge in [-0.3, -0.25) is 0 Å². The van der Waals surface area contributed by atoms with E-state index in [-0.39, 0.29) is 11.6 Å². The molecule has 0 spiro atoms. The third-order valence-electron chi connectivity index (χ3n) is 3.53. The van der Waals surface area contributed by atoms with Crippen molar-refractivity contribution >= 4 is 0 Å². The van der Waals surface area contributed by atoms with Crippen LogP contribution in [0.15, 0.2) is 24.3 Å². The highest BCUT2D eigenvalue weighted by Gasteiger charge is 2.29. The first kappa shape index (κ1) is 12.4. The van der Waals surface area contributed by atoms with Crippen LogP contribution < -0.4 is 10.5 Å². The lowest BCUT2D eigenvalue weighted by molar-refractivity contribution is 0.240. The average Bonchev–Trinajstić information content (AvgIpc) is 2.29. The molecule has 0 saturated heterocycles. The standard InChI is InChI=1S/C15H23NO/c1-12(2)17-14-8-6-7-13(11-14)15(16)9-4-3-5-10-15/h6-8,11-12H,3-5,9-10,16H2,1-2H3. The Morgan fingerprint density at radius 2 is 1.88 bits per heavy atom. The molecule has 1 fully saturated rings. The summed E-state index contributed by atoms with van der Waals surface area (Å²) in [5.41, 5.74) is 7.63. The normalized spacial score (nSPS) is 19.3. The Labute approximate surface area is 104 Å². The maximum atomic E-state index is 6.52. The van der Waals surface area contributed by atoms with E-state index >= 15 is 0 Å². The molecule has 1 aliphatic carbocycles. The van der Waals surface area contributed by atoms with Gasteiger partial charge in [0.15, 0.2) is 0 Å². The summed E-state index contributed by atoms with van der Waals surface area (Å²) in [6, 6.07) is 8.32. The van der Waals surface area contributed by atoms with Gasteiger partial charge < -0.3 is 10.5 Å². The summed E-state index contributed by atoms with van der Waals surface area (Å²) in [5, 5.41) is 0.